The summed E-state index contributed by atoms with van der Waals surface area (Å²) < 4.78 is 5.21. The van der Waals surface area contributed by atoms with E-state index >= 15 is 0 Å². The number of nitrogens with zero attached hydrogens (tertiary/aromatic N) is 4. The Balaban J connectivity index is 2.75. The van der Waals surface area contributed by atoms with Crippen LogP contribution in [0.1, 0.15) is 19.8 Å². The van der Waals surface area contributed by atoms with Crippen molar-refractivity contribution in [3.8, 4) is 5.75 Å². The summed E-state index contributed by atoms with van der Waals surface area (Å²) in [5, 5.41) is 0. The minimum atomic E-state index is -0.450. The summed E-state index contributed by atoms with van der Waals surface area (Å²) in [6.45, 7) is 3.09. The van der Waals surface area contributed by atoms with Crippen molar-refractivity contribution < 1.29 is 9.53 Å². The first-order valence-electron chi connectivity index (χ1n) is 6.62. The number of unbranched alkanes of at least 4 members (excludes halogenated alkanes) is 1. The number of rotatable bonds is 6. The van der Waals surface area contributed by atoms with Crippen molar-refractivity contribution in [2.75, 3.05) is 27.7 Å². The minimum absolute atomic E-state index is 0.353. The lowest BCUT2D eigenvalue weighted by atomic mass is 10.3. The highest BCUT2D eigenvalue weighted by atomic mass is 16.6. The molecule has 0 unspecified atom stereocenters. The molecule has 0 aliphatic heterocycles. The van der Waals surface area contributed by atoms with Crippen LogP contribution in [0.5, 0.6) is 5.75 Å². The number of hydrogen-bond acceptors (Lipinski definition) is 4. The average Bonchev–Trinajstić information content (AvgIpc) is 2.44. The Hall–Kier alpha value is -2.11. The van der Waals surface area contributed by atoms with E-state index in [2.05, 4.69) is 16.9 Å². The molecule has 0 radical (unpaired) electrons. The van der Waals surface area contributed by atoms with Crippen LogP contribution in [0.4, 0.5) is 10.5 Å². The molecule has 6 nitrogen and oxygen atoms in total. The monoisotopic (exact) mass is 278 g/mol. The Morgan fingerprint density at radius 1 is 1.45 bits per heavy atom. The van der Waals surface area contributed by atoms with Gasteiger partial charge < -0.3 is 14.5 Å². The molecule has 1 aromatic heterocycles. The van der Waals surface area contributed by atoms with Crippen molar-refractivity contribution in [2.45, 2.75) is 19.8 Å². The van der Waals surface area contributed by atoms with Crippen LogP contribution in [-0.2, 0) is 0 Å². The number of ether oxygens (including phenoxy) is 1. The number of hydrogen-bond donors (Lipinski definition) is 0. The quantitative estimate of drug-likeness (QED) is 0.592. The Bertz CT molecular complexity index is 460. The summed E-state index contributed by atoms with van der Waals surface area (Å²) >= 11 is 0. The highest BCUT2D eigenvalue weighted by molar-refractivity contribution is 5.73. The topological polar surface area (TPSA) is 58.0 Å². The highest BCUT2D eigenvalue weighted by Crippen LogP contribution is 2.25. The van der Waals surface area contributed by atoms with Gasteiger partial charge in [-0.05, 0) is 12.5 Å². The second-order valence-electron chi connectivity index (χ2n) is 4.68. The number of carbonyl (C=O) groups is 1. The van der Waals surface area contributed by atoms with Crippen molar-refractivity contribution in [3.63, 3.8) is 0 Å². The number of aromatic nitrogens is 1. The first-order valence-corrected chi connectivity index (χ1v) is 6.62. The largest absolute Gasteiger partial charge is 0.414 e. The smallest absolute Gasteiger partial charge is 0.406 e. The van der Waals surface area contributed by atoms with Gasteiger partial charge in [-0.15, -0.1) is 0 Å². The molecule has 0 aromatic carbocycles. The van der Waals surface area contributed by atoms with Gasteiger partial charge in [-0.2, -0.15) is 0 Å². The van der Waals surface area contributed by atoms with Gasteiger partial charge in [-0.3, -0.25) is 4.98 Å². The lowest BCUT2D eigenvalue weighted by molar-refractivity contribution is 0.172. The summed E-state index contributed by atoms with van der Waals surface area (Å²) in [6.07, 6.45) is 6.64. The van der Waals surface area contributed by atoms with E-state index in [4.69, 9.17) is 4.74 Å². The van der Waals surface area contributed by atoms with Gasteiger partial charge in [0.25, 0.3) is 0 Å². The van der Waals surface area contributed by atoms with Gasteiger partial charge in [0, 0.05) is 33.9 Å². The van der Waals surface area contributed by atoms with Crippen molar-refractivity contribution in [2.24, 2.45) is 4.99 Å². The third-order valence-corrected chi connectivity index (χ3v) is 2.58. The SMILES string of the molecule is CCCCN(C)C=Nc1ccncc1OC(=O)N(C)C. The summed E-state index contributed by atoms with van der Waals surface area (Å²) in [7, 11) is 5.21. The molecule has 0 spiro atoms. The third kappa shape index (κ3) is 5.26. The molecular weight excluding hydrogens is 256 g/mol. The summed E-state index contributed by atoms with van der Waals surface area (Å²) in [5.41, 5.74) is 0.582. The number of carbonyl (C=O) groups excluding carboxylic acids is 1. The molecule has 0 atom stereocenters. The van der Waals surface area contributed by atoms with Crippen LogP contribution < -0.4 is 4.74 Å². The summed E-state index contributed by atoms with van der Waals surface area (Å²) in [6, 6.07) is 1.71. The van der Waals surface area contributed by atoms with E-state index < -0.39 is 6.09 Å². The molecule has 0 saturated heterocycles. The van der Waals surface area contributed by atoms with Gasteiger partial charge in [0.05, 0.1) is 12.5 Å². The predicted molar refractivity (Wildman–Crippen MR) is 79.6 cm³/mol. The molecule has 0 N–H and O–H groups in total. The molecule has 20 heavy (non-hydrogen) atoms. The third-order valence-electron chi connectivity index (χ3n) is 2.58. The number of aliphatic imine (C=N–C) groups is 1. The normalized spacial score (nSPS) is 10.6. The molecule has 0 fully saturated rings. The van der Waals surface area contributed by atoms with Crippen LogP contribution in [0.3, 0.4) is 0 Å². The minimum Gasteiger partial charge on any atom is -0.406 e. The number of amides is 1. The van der Waals surface area contributed by atoms with Crippen molar-refractivity contribution in [3.05, 3.63) is 18.5 Å². The fraction of sp³-hybridized carbons (Fsp3) is 0.500. The Morgan fingerprint density at radius 3 is 2.85 bits per heavy atom. The summed E-state index contributed by atoms with van der Waals surface area (Å²) in [5.74, 6) is 0.353. The molecule has 0 bridgehead atoms. The Morgan fingerprint density at radius 2 is 2.20 bits per heavy atom. The van der Waals surface area contributed by atoms with Crippen LogP contribution >= 0.6 is 0 Å². The van der Waals surface area contributed by atoms with E-state index in [-0.39, 0.29) is 0 Å². The average molecular weight is 278 g/mol. The van der Waals surface area contributed by atoms with E-state index in [0.29, 0.717) is 11.4 Å². The van der Waals surface area contributed by atoms with Crippen molar-refractivity contribution in [1.29, 1.82) is 0 Å². The second-order valence-corrected chi connectivity index (χ2v) is 4.68. The zero-order chi connectivity index (χ0) is 15.0. The molecule has 6 heteroatoms. The fourth-order valence-corrected chi connectivity index (χ4v) is 1.37. The number of pyridine rings is 1. The molecular formula is C14H22N4O2. The Kier molecular flexibility index (Phi) is 6.49. The lowest BCUT2D eigenvalue weighted by Gasteiger charge is -2.13. The molecule has 0 aliphatic carbocycles. The van der Waals surface area contributed by atoms with E-state index in [1.165, 1.54) is 11.1 Å². The lowest BCUT2D eigenvalue weighted by Crippen LogP contribution is -2.25. The molecule has 1 amide bonds. The zero-order valence-electron chi connectivity index (χ0n) is 12.5. The molecule has 0 saturated carbocycles. The van der Waals surface area contributed by atoms with Gasteiger partial charge >= 0.3 is 6.09 Å². The highest BCUT2D eigenvalue weighted by Gasteiger charge is 2.10. The van der Waals surface area contributed by atoms with E-state index in [1.54, 1.807) is 32.7 Å². The first-order chi connectivity index (χ1) is 9.54. The summed E-state index contributed by atoms with van der Waals surface area (Å²) in [4.78, 5) is 23.2. The van der Waals surface area contributed by atoms with Crippen LogP contribution in [0.25, 0.3) is 0 Å². The zero-order valence-corrected chi connectivity index (χ0v) is 12.5. The molecule has 1 rings (SSSR count). The first kappa shape index (κ1) is 15.9. The maximum Gasteiger partial charge on any atom is 0.414 e. The van der Waals surface area contributed by atoms with Crippen LogP contribution in [-0.4, -0.2) is 54.9 Å². The van der Waals surface area contributed by atoms with Crippen molar-refractivity contribution >= 4 is 18.1 Å². The molecule has 110 valence electrons. The van der Waals surface area contributed by atoms with Crippen molar-refractivity contribution in [1.82, 2.24) is 14.8 Å². The second kappa shape index (κ2) is 8.14. The maximum absolute atomic E-state index is 11.6. The fourth-order valence-electron chi connectivity index (χ4n) is 1.37. The standard InChI is InChI=1S/C14H22N4O2/c1-5-6-9-18(4)11-16-12-7-8-15-10-13(12)20-14(19)17(2)3/h7-8,10-11H,5-6,9H2,1-4H3. The van der Waals surface area contributed by atoms with Gasteiger partial charge in [0.1, 0.15) is 5.69 Å². The van der Waals surface area contributed by atoms with Gasteiger partial charge in [0.2, 0.25) is 0 Å². The Labute approximate surface area is 120 Å². The van der Waals surface area contributed by atoms with Crippen LogP contribution in [0.15, 0.2) is 23.5 Å². The maximum atomic E-state index is 11.6. The van der Waals surface area contributed by atoms with E-state index in [9.17, 15) is 4.79 Å². The molecule has 1 heterocycles. The van der Waals surface area contributed by atoms with E-state index in [1.807, 2.05) is 11.9 Å². The van der Waals surface area contributed by atoms with Crippen LogP contribution in [0, 0.1) is 0 Å². The molecule has 1 aromatic rings. The predicted octanol–water partition coefficient (Wildman–Crippen LogP) is 2.53. The van der Waals surface area contributed by atoms with Gasteiger partial charge in [0.15, 0.2) is 5.75 Å². The van der Waals surface area contributed by atoms with Crippen LogP contribution in [0.2, 0.25) is 0 Å². The van der Waals surface area contributed by atoms with E-state index in [0.717, 1.165) is 19.4 Å². The van der Waals surface area contributed by atoms with Gasteiger partial charge in [-0.1, -0.05) is 13.3 Å². The van der Waals surface area contributed by atoms with Gasteiger partial charge in [-0.25, -0.2) is 9.79 Å². The molecule has 0 aliphatic rings.